The molecular formula is C20H40O5Si2. The van der Waals surface area contributed by atoms with Crippen LogP contribution in [0.25, 0.3) is 0 Å². The molecule has 27 heavy (non-hydrogen) atoms. The van der Waals surface area contributed by atoms with E-state index in [0.29, 0.717) is 17.7 Å². The van der Waals surface area contributed by atoms with E-state index in [1.54, 1.807) is 0 Å². The SMILES string of the molecule is C/C=C/[C@H]1O[C@@H]2CO[Si](C(C)C)(C(C)C)O[Si](C(C)C)(C(C)C)O[C@H]2[C@@H]1O. The van der Waals surface area contributed by atoms with Crippen LogP contribution in [0.3, 0.4) is 0 Å². The summed E-state index contributed by atoms with van der Waals surface area (Å²) in [6.45, 7) is 19.9. The highest BCUT2D eigenvalue weighted by Gasteiger charge is 2.61. The Morgan fingerprint density at radius 2 is 1.41 bits per heavy atom. The number of hydrogen-bond acceptors (Lipinski definition) is 5. The van der Waals surface area contributed by atoms with E-state index in [1.165, 1.54) is 0 Å². The molecule has 2 rings (SSSR count). The lowest BCUT2D eigenvalue weighted by Gasteiger charge is -2.51. The van der Waals surface area contributed by atoms with Crippen molar-refractivity contribution in [1.82, 2.24) is 0 Å². The molecule has 2 fully saturated rings. The summed E-state index contributed by atoms with van der Waals surface area (Å²) >= 11 is 0. The van der Waals surface area contributed by atoms with Crippen molar-refractivity contribution < 1.29 is 22.8 Å². The summed E-state index contributed by atoms with van der Waals surface area (Å²) in [5.41, 5.74) is 1.11. The lowest BCUT2D eigenvalue weighted by atomic mass is 10.1. The first-order valence-corrected chi connectivity index (χ1v) is 14.4. The van der Waals surface area contributed by atoms with E-state index in [1.807, 2.05) is 19.1 Å². The zero-order valence-electron chi connectivity index (χ0n) is 18.6. The predicted octanol–water partition coefficient (Wildman–Crippen LogP) is 4.65. The quantitative estimate of drug-likeness (QED) is 0.522. The maximum absolute atomic E-state index is 10.9. The van der Waals surface area contributed by atoms with Crippen molar-refractivity contribution in [2.24, 2.45) is 0 Å². The van der Waals surface area contributed by atoms with Crippen LogP contribution in [0.2, 0.25) is 22.2 Å². The van der Waals surface area contributed by atoms with Crippen molar-refractivity contribution in [2.45, 2.75) is 109 Å². The van der Waals surface area contributed by atoms with Crippen LogP contribution in [0.5, 0.6) is 0 Å². The minimum atomic E-state index is -2.69. The molecule has 0 saturated carbocycles. The Bertz CT molecular complexity index is 505. The third-order valence-corrected chi connectivity index (χ3v) is 16.3. The highest BCUT2D eigenvalue weighted by Crippen LogP contribution is 2.47. The van der Waals surface area contributed by atoms with E-state index in [9.17, 15) is 5.11 Å². The fraction of sp³-hybridized carbons (Fsp3) is 0.900. The Labute approximate surface area is 167 Å². The number of rotatable bonds is 5. The van der Waals surface area contributed by atoms with Gasteiger partial charge in [-0.1, -0.05) is 67.5 Å². The van der Waals surface area contributed by atoms with E-state index in [2.05, 4.69) is 55.4 Å². The van der Waals surface area contributed by atoms with Gasteiger partial charge in [0.05, 0.1) is 6.61 Å². The molecule has 0 aliphatic carbocycles. The van der Waals surface area contributed by atoms with Gasteiger partial charge < -0.3 is 22.8 Å². The molecule has 5 nitrogen and oxygen atoms in total. The van der Waals surface area contributed by atoms with E-state index in [0.717, 1.165) is 0 Å². The summed E-state index contributed by atoms with van der Waals surface area (Å²) < 4.78 is 26.8. The van der Waals surface area contributed by atoms with Gasteiger partial charge in [0.1, 0.15) is 24.4 Å². The van der Waals surface area contributed by atoms with Gasteiger partial charge in [-0.15, -0.1) is 0 Å². The van der Waals surface area contributed by atoms with Crippen molar-refractivity contribution in [3.8, 4) is 0 Å². The number of allylic oxidation sites excluding steroid dienone is 1. The summed E-state index contributed by atoms with van der Waals surface area (Å²) in [6, 6.07) is 0. The summed E-state index contributed by atoms with van der Waals surface area (Å²) in [4.78, 5) is 0. The summed E-state index contributed by atoms with van der Waals surface area (Å²) in [5, 5.41) is 10.9. The molecular weight excluding hydrogens is 376 g/mol. The fourth-order valence-electron chi connectivity index (χ4n) is 4.53. The number of hydrogen-bond donors (Lipinski definition) is 1. The molecule has 0 amide bonds. The molecule has 0 radical (unpaired) electrons. The van der Waals surface area contributed by atoms with Gasteiger partial charge in [0.15, 0.2) is 0 Å². The topological polar surface area (TPSA) is 57.2 Å². The average Bonchev–Trinajstić information content (AvgIpc) is 2.82. The van der Waals surface area contributed by atoms with Gasteiger partial charge in [-0.05, 0) is 29.1 Å². The van der Waals surface area contributed by atoms with Gasteiger partial charge in [-0.3, -0.25) is 0 Å². The largest absolute Gasteiger partial charge is 0.414 e. The first-order valence-electron chi connectivity index (χ1n) is 10.5. The average molecular weight is 417 g/mol. The van der Waals surface area contributed by atoms with Crippen LogP contribution >= 0.6 is 0 Å². The Morgan fingerprint density at radius 3 is 1.85 bits per heavy atom. The third kappa shape index (κ3) is 4.15. The maximum Gasteiger partial charge on any atom is 0.335 e. The standard InChI is InChI=1S/C20H40O5Si2/c1-10-11-17-19(21)20-18(23-17)12-22-26(13(2)3,14(4)5)25-27(24-20,15(6)7)16(8)9/h10-11,13-21H,12H2,1-9H3/b11-10+/t17-,18-,19-,20-/m1/s1. The first kappa shape index (κ1) is 23.3. The van der Waals surface area contributed by atoms with Crippen molar-refractivity contribution >= 4 is 17.1 Å². The molecule has 2 aliphatic heterocycles. The van der Waals surface area contributed by atoms with Crippen LogP contribution < -0.4 is 0 Å². The lowest BCUT2D eigenvalue weighted by molar-refractivity contribution is -0.0337. The summed E-state index contributed by atoms with van der Waals surface area (Å²) in [7, 11) is -5.23. The molecule has 1 N–H and O–H groups in total. The molecule has 0 aromatic heterocycles. The second kappa shape index (κ2) is 8.77. The van der Waals surface area contributed by atoms with Crippen molar-refractivity contribution in [3.05, 3.63) is 12.2 Å². The van der Waals surface area contributed by atoms with E-state index in [-0.39, 0.29) is 23.3 Å². The highest BCUT2D eigenvalue weighted by atomic mass is 28.5. The maximum atomic E-state index is 10.9. The van der Waals surface area contributed by atoms with Gasteiger partial charge >= 0.3 is 17.1 Å². The van der Waals surface area contributed by atoms with Gasteiger partial charge in [0.25, 0.3) is 0 Å². The number of aliphatic hydroxyl groups excluding tert-OH is 1. The molecule has 158 valence electrons. The lowest BCUT2D eigenvalue weighted by Crippen LogP contribution is -2.65. The second-order valence-electron chi connectivity index (χ2n) is 9.21. The minimum absolute atomic E-state index is 0.247. The monoisotopic (exact) mass is 416 g/mol. The number of aliphatic hydroxyl groups is 1. The number of ether oxygens (including phenoxy) is 1. The molecule has 2 heterocycles. The fourth-order valence-corrected chi connectivity index (χ4v) is 15.7. The van der Waals surface area contributed by atoms with Crippen LogP contribution in [0, 0.1) is 0 Å². The van der Waals surface area contributed by atoms with E-state index in [4.69, 9.17) is 17.7 Å². The molecule has 4 atom stereocenters. The Kier molecular flexibility index (Phi) is 7.56. The van der Waals surface area contributed by atoms with Gasteiger partial charge in [-0.25, -0.2) is 0 Å². The zero-order valence-corrected chi connectivity index (χ0v) is 20.6. The van der Waals surface area contributed by atoms with Crippen LogP contribution in [0.4, 0.5) is 0 Å². The Hall–Kier alpha value is -0.0262. The predicted molar refractivity (Wildman–Crippen MR) is 113 cm³/mol. The molecule has 0 aromatic rings. The van der Waals surface area contributed by atoms with Gasteiger partial charge in [0, 0.05) is 0 Å². The Morgan fingerprint density at radius 1 is 0.889 bits per heavy atom. The third-order valence-electron chi connectivity index (χ3n) is 6.09. The molecule has 2 saturated heterocycles. The summed E-state index contributed by atoms with van der Waals surface area (Å²) in [6.07, 6.45) is 2.10. The van der Waals surface area contributed by atoms with Crippen LogP contribution in [-0.4, -0.2) is 53.3 Å². The van der Waals surface area contributed by atoms with Crippen molar-refractivity contribution in [1.29, 1.82) is 0 Å². The normalized spacial score (nSPS) is 33.9. The highest BCUT2D eigenvalue weighted by molar-refractivity contribution is 6.83. The first-order chi connectivity index (χ1) is 12.5. The van der Waals surface area contributed by atoms with Crippen molar-refractivity contribution in [2.75, 3.05) is 6.61 Å². The van der Waals surface area contributed by atoms with Gasteiger partial charge in [-0.2, -0.15) is 0 Å². The molecule has 0 unspecified atom stereocenters. The van der Waals surface area contributed by atoms with Crippen LogP contribution in [0.15, 0.2) is 12.2 Å². The molecule has 0 aromatic carbocycles. The summed E-state index contributed by atoms with van der Waals surface area (Å²) in [5.74, 6) is 0. The number of fused-ring (bicyclic) bond motifs is 1. The smallest absolute Gasteiger partial charge is 0.335 e. The molecule has 2 aliphatic rings. The van der Waals surface area contributed by atoms with Crippen LogP contribution in [-0.2, 0) is 17.7 Å². The zero-order chi connectivity index (χ0) is 20.6. The van der Waals surface area contributed by atoms with Gasteiger partial charge in [0.2, 0.25) is 0 Å². The van der Waals surface area contributed by atoms with E-state index >= 15 is 0 Å². The molecule has 0 bridgehead atoms. The Balaban J connectivity index is 2.53. The van der Waals surface area contributed by atoms with Crippen molar-refractivity contribution in [3.63, 3.8) is 0 Å². The van der Waals surface area contributed by atoms with E-state index < -0.39 is 29.3 Å². The minimum Gasteiger partial charge on any atom is -0.414 e. The van der Waals surface area contributed by atoms with Crippen LogP contribution in [0.1, 0.15) is 62.3 Å². The molecule has 0 spiro atoms. The second-order valence-corrected chi connectivity index (χ2v) is 18.1. The molecule has 7 heteroatoms.